The summed E-state index contributed by atoms with van der Waals surface area (Å²) in [6.07, 6.45) is 12.5. The first-order valence-electron chi connectivity index (χ1n) is 8.11. The third-order valence-corrected chi connectivity index (χ3v) is 4.39. The van der Waals surface area contributed by atoms with E-state index in [4.69, 9.17) is 0 Å². The van der Waals surface area contributed by atoms with E-state index >= 15 is 0 Å². The second-order valence-electron chi connectivity index (χ2n) is 6.20. The number of hydrogen-bond donors (Lipinski definition) is 2. The molecular formula is C17H22N4O2. The van der Waals surface area contributed by atoms with Crippen molar-refractivity contribution in [2.45, 2.75) is 44.1 Å². The van der Waals surface area contributed by atoms with Gasteiger partial charge in [-0.05, 0) is 25.0 Å². The van der Waals surface area contributed by atoms with E-state index in [2.05, 4.69) is 15.3 Å². The van der Waals surface area contributed by atoms with E-state index in [1.807, 2.05) is 0 Å². The Morgan fingerprint density at radius 2 is 2.04 bits per heavy atom. The van der Waals surface area contributed by atoms with E-state index in [1.165, 1.54) is 0 Å². The monoisotopic (exact) mass is 314 g/mol. The zero-order valence-corrected chi connectivity index (χ0v) is 13.1. The minimum absolute atomic E-state index is 0.202. The number of nitrogens with zero attached hydrogens (tertiary/aromatic N) is 3. The Bertz CT molecular complexity index is 629. The lowest BCUT2D eigenvalue weighted by atomic mass is 9.94. The van der Waals surface area contributed by atoms with E-state index in [9.17, 15) is 9.90 Å². The number of aromatic nitrogens is 3. The summed E-state index contributed by atoms with van der Waals surface area (Å²) < 4.78 is 1.77. The molecule has 2 N–H and O–H groups in total. The van der Waals surface area contributed by atoms with Gasteiger partial charge in [0.05, 0.1) is 11.2 Å². The molecule has 2 aromatic rings. The molecule has 2 heterocycles. The highest BCUT2D eigenvalue weighted by molar-refractivity contribution is 5.93. The van der Waals surface area contributed by atoms with Crippen molar-refractivity contribution >= 4 is 5.91 Å². The maximum atomic E-state index is 12.2. The zero-order chi connectivity index (χ0) is 16.1. The molecular weight excluding hydrogens is 292 g/mol. The fourth-order valence-corrected chi connectivity index (χ4v) is 2.98. The quantitative estimate of drug-likeness (QED) is 0.847. The van der Waals surface area contributed by atoms with E-state index in [0.29, 0.717) is 17.9 Å². The van der Waals surface area contributed by atoms with Crippen molar-refractivity contribution in [3.8, 4) is 5.82 Å². The van der Waals surface area contributed by atoms with Crippen LogP contribution in [0.5, 0.6) is 0 Å². The first-order chi connectivity index (χ1) is 11.2. The number of imidazole rings is 1. The first-order valence-corrected chi connectivity index (χ1v) is 8.11. The molecule has 1 aliphatic carbocycles. The average molecular weight is 314 g/mol. The molecule has 1 amide bonds. The standard InChI is InChI=1S/C17H22N4O2/c22-16(20-12-17(23)7-3-1-2-4-8-17)14-5-6-15(19-11-14)21-10-9-18-13-21/h5-6,9-11,13,23H,1-4,7-8,12H2,(H,20,22). The van der Waals surface area contributed by atoms with Gasteiger partial charge in [0.2, 0.25) is 0 Å². The summed E-state index contributed by atoms with van der Waals surface area (Å²) in [5, 5.41) is 13.4. The Morgan fingerprint density at radius 3 is 2.65 bits per heavy atom. The molecule has 0 unspecified atom stereocenters. The van der Waals surface area contributed by atoms with Gasteiger partial charge in [0, 0.05) is 25.1 Å². The van der Waals surface area contributed by atoms with Crippen LogP contribution in [0.1, 0.15) is 48.9 Å². The van der Waals surface area contributed by atoms with Gasteiger partial charge >= 0.3 is 0 Å². The highest BCUT2D eigenvalue weighted by Crippen LogP contribution is 2.26. The fourth-order valence-electron chi connectivity index (χ4n) is 2.98. The SMILES string of the molecule is O=C(NCC1(O)CCCCCC1)c1ccc(-n2ccnc2)nc1. The summed E-state index contributed by atoms with van der Waals surface area (Å²) in [5.41, 5.74) is -0.276. The van der Waals surface area contributed by atoms with Gasteiger partial charge in [-0.3, -0.25) is 9.36 Å². The van der Waals surface area contributed by atoms with Crippen molar-refractivity contribution in [2.24, 2.45) is 0 Å². The Balaban J connectivity index is 1.59. The molecule has 1 aliphatic rings. The summed E-state index contributed by atoms with van der Waals surface area (Å²) in [5.74, 6) is 0.508. The highest BCUT2D eigenvalue weighted by atomic mass is 16.3. The molecule has 3 rings (SSSR count). The van der Waals surface area contributed by atoms with Gasteiger partial charge in [-0.2, -0.15) is 0 Å². The van der Waals surface area contributed by atoms with Crippen molar-refractivity contribution in [3.05, 3.63) is 42.6 Å². The fraction of sp³-hybridized carbons (Fsp3) is 0.471. The highest BCUT2D eigenvalue weighted by Gasteiger charge is 2.28. The predicted molar refractivity (Wildman–Crippen MR) is 86.3 cm³/mol. The second-order valence-corrected chi connectivity index (χ2v) is 6.20. The lowest BCUT2D eigenvalue weighted by molar-refractivity contribution is 0.0246. The molecule has 0 atom stereocenters. The number of pyridine rings is 1. The molecule has 0 aliphatic heterocycles. The Kier molecular flexibility index (Phi) is 4.71. The van der Waals surface area contributed by atoms with Gasteiger partial charge in [0.25, 0.3) is 5.91 Å². The smallest absolute Gasteiger partial charge is 0.252 e. The van der Waals surface area contributed by atoms with Crippen LogP contribution in [-0.4, -0.2) is 37.7 Å². The van der Waals surface area contributed by atoms with E-state index in [1.54, 1.807) is 41.6 Å². The Hall–Kier alpha value is -2.21. The number of amides is 1. The van der Waals surface area contributed by atoms with Gasteiger partial charge in [-0.1, -0.05) is 25.7 Å². The van der Waals surface area contributed by atoms with Crippen molar-refractivity contribution in [2.75, 3.05) is 6.54 Å². The molecule has 0 aromatic carbocycles. The van der Waals surface area contributed by atoms with Crippen LogP contribution in [0.2, 0.25) is 0 Å². The van der Waals surface area contributed by atoms with Gasteiger partial charge in [0.1, 0.15) is 12.1 Å². The molecule has 0 radical (unpaired) electrons. The first kappa shape index (κ1) is 15.7. The lowest BCUT2D eigenvalue weighted by Gasteiger charge is -2.26. The normalized spacial score (nSPS) is 17.4. The molecule has 2 aromatic heterocycles. The molecule has 23 heavy (non-hydrogen) atoms. The van der Waals surface area contributed by atoms with Crippen molar-refractivity contribution in [1.82, 2.24) is 19.9 Å². The Labute approximate surface area is 135 Å². The molecule has 1 saturated carbocycles. The van der Waals surface area contributed by atoms with Crippen LogP contribution in [0.15, 0.2) is 37.1 Å². The number of rotatable bonds is 4. The van der Waals surface area contributed by atoms with Gasteiger partial charge in [0.15, 0.2) is 0 Å². The van der Waals surface area contributed by atoms with E-state index < -0.39 is 5.60 Å². The maximum absolute atomic E-state index is 12.2. The van der Waals surface area contributed by atoms with E-state index in [-0.39, 0.29) is 5.91 Å². The zero-order valence-electron chi connectivity index (χ0n) is 13.1. The van der Waals surface area contributed by atoms with Gasteiger partial charge < -0.3 is 10.4 Å². The van der Waals surface area contributed by atoms with Crippen LogP contribution in [0, 0.1) is 0 Å². The number of hydrogen-bond acceptors (Lipinski definition) is 4. The number of aliphatic hydroxyl groups is 1. The summed E-state index contributed by atoms with van der Waals surface area (Å²) in [6.45, 7) is 0.301. The van der Waals surface area contributed by atoms with Crippen molar-refractivity contribution < 1.29 is 9.90 Å². The van der Waals surface area contributed by atoms with Crippen molar-refractivity contribution in [3.63, 3.8) is 0 Å². The van der Waals surface area contributed by atoms with Gasteiger partial charge in [-0.15, -0.1) is 0 Å². The summed E-state index contributed by atoms with van der Waals surface area (Å²) >= 11 is 0. The summed E-state index contributed by atoms with van der Waals surface area (Å²) in [7, 11) is 0. The molecule has 6 heteroatoms. The average Bonchev–Trinajstić information content (AvgIpc) is 3.02. The summed E-state index contributed by atoms with van der Waals surface area (Å²) in [6, 6.07) is 3.51. The molecule has 122 valence electrons. The minimum atomic E-state index is -0.768. The van der Waals surface area contributed by atoms with Crippen LogP contribution in [0.4, 0.5) is 0 Å². The lowest BCUT2D eigenvalue weighted by Crippen LogP contribution is -2.42. The Morgan fingerprint density at radius 1 is 1.26 bits per heavy atom. The largest absolute Gasteiger partial charge is 0.388 e. The number of carbonyl (C=O) groups excluding carboxylic acids is 1. The second kappa shape index (κ2) is 6.91. The third kappa shape index (κ3) is 3.96. The number of nitrogens with one attached hydrogen (secondary N) is 1. The minimum Gasteiger partial charge on any atom is -0.388 e. The molecule has 6 nitrogen and oxygen atoms in total. The molecule has 0 bridgehead atoms. The van der Waals surface area contributed by atoms with Crippen LogP contribution in [0.25, 0.3) is 5.82 Å². The van der Waals surface area contributed by atoms with Crippen LogP contribution in [-0.2, 0) is 0 Å². The number of carbonyl (C=O) groups is 1. The van der Waals surface area contributed by atoms with Gasteiger partial charge in [-0.25, -0.2) is 9.97 Å². The maximum Gasteiger partial charge on any atom is 0.252 e. The molecule has 0 saturated heterocycles. The summed E-state index contributed by atoms with van der Waals surface area (Å²) in [4.78, 5) is 20.5. The van der Waals surface area contributed by atoms with Crippen LogP contribution >= 0.6 is 0 Å². The van der Waals surface area contributed by atoms with E-state index in [0.717, 1.165) is 38.5 Å². The predicted octanol–water partition coefficient (Wildman–Crippen LogP) is 2.08. The van der Waals surface area contributed by atoms with Crippen LogP contribution < -0.4 is 5.32 Å². The third-order valence-electron chi connectivity index (χ3n) is 4.39. The van der Waals surface area contributed by atoms with Crippen molar-refractivity contribution in [1.29, 1.82) is 0 Å². The topological polar surface area (TPSA) is 80.0 Å². The molecule has 0 spiro atoms. The van der Waals surface area contributed by atoms with Crippen LogP contribution in [0.3, 0.4) is 0 Å². The molecule has 1 fully saturated rings.